The van der Waals surface area contributed by atoms with Crippen LogP contribution < -0.4 is 15.5 Å². The van der Waals surface area contributed by atoms with Crippen molar-refractivity contribution in [1.29, 1.82) is 0 Å². The first kappa shape index (κ1) is 19.8. The van der Waals surface area contributed by atoms with Crippen molar-refractivity contribution in [2.75, 3.05) is 29.9 Å². The van der Waals surface area contributed by atoms with Gasteiger partial charge in [-0.2, -0.15) is 0 Å². The molecule has 0 saturated carbocycles. The van der Waals surface area contributed by atoms with Gasteiger partial charge in [-0.3, -0.25) is 4.79 Å². The Morgan fingerprint density at radius 2 is 1.65 bits per heavy atom. The van der Waals surface area contributed by atoms with E-state index in [0.29, 0.717) is 12.2 Å². The second kappa shape index (κ2) is 10.4. The van der Waals surface area contributed by atoms with Gasteiger partial charge in [0, 0.05) is 31.0 Å². The van der Waals surface area contributed by atoms with Crippen LogP contribution in [0.3, 0.4) is 0 Å². The number of carbonyl (C=O) groups is 1. The first-order valence-electron chi connectivity index (χ1n) is 9.54. The molecular weight excluding hydrogens is 324 g/mol. The molecule has 1 aromatic heterocycles. The number of nitrogens with zero attached hydrogens (tertiary/aromatic N) is 2. The normalized spacial score (nSPS) is 10.4. The zero-order valence-electron chi connectivity index (χ0n) is 16.1. The third-order valence-electron chi connectivity index (χ3n) is 4.35. The molecule has 1 amide bonds. The molecule has 0 atom stereocenters. The minimum absolute atomic E-state index is 0.115. The molecule has 1 heterocycles. The predicted molar refractivity (Wildman–Crippen MR) is 109 cm³/mol. The van der Waals surface area contributed by atoms with Crippen LogP contribution in [-0.2, 0) is 0 Å². The fraction of sp³-hybridized carbons (Fsp3) is 0.429. The monoisotopic (exact) mass is 354 g/mol. The summed E-state index contributed by atoms with van der Waals surface area (Å²) < 4.78 is 0. The van der Waals surface area contributed by atoms with E-state index < -0.39 is 0 Å². The van der Waals surface area contributed by atoms with Gasteiger partial charge >= 0.3 is 0 Å². The first-order chi connectivity index (χ1) is 12.7. The van der Waals surface area contributed by atoms with Gasteiger partial charge in [-0.25, -0.2) is 4.98 Å². The number of benzene rings is 1. The summed E-state index contributed by atoms with van der Waals surface area (Å²) in [5, 5.41) is 6.22. The number of hydrogen-bond acceptors (Lipinski definition) is 4. The Morgan fingerprint density at radius 1 is 0.962 bits per heavy atom. The summed E-state index contributed by atoms with van der Waals surface area (Å²) >= 11 is 0. The van der Waals surface area contributed by atoms with Crippen molar-refractivity contribution < 1.29 is 4.79 Å². The maximum absolute atomic E-state index is 12.0. The minimum Gasteiger partial charge on any atom is -0.372 e. The number of nitrogens with one attached hydrogen (secondary N) is 2. The maximum atomic E-state index is 12.0. The van der Waals surface area contributed by atoms with E-state index in [1.165, 1.54) is 5.69 Å². The highest BCUT2D eigenvalue weighted by molar-refractivity contribution is 5.92. The first-order valence-corrected chi connectivity index (χ1v) is 9.54. The van der Waals surface area contributed by atoms with Gasteiger partial charge in [0.2, 0.25) is 0 Å². The fourth-order valence-corrected chi connectivity index (χ4v) is 2.78. The van der Waals surface area contributed by atoms with Gasteiger partial charge in [-0.15, -0.1) is 0 Å². The lowest BCUT2D eigenvalue weighted by Gasteiger charge is -2.21. The van der Waals surface area contributed by atoms with Gasteiger partial charge < -0.3 is 15.5 Å². The summed E-state index contributed by atoms with van der Waals surface area (Å²) in [6.45, 7) is 9.15. The SMILES string of the molecule is CCCCCNC(=O)c1ccc(Nc2ccc(N(CC)CC)cc2)cn1. The molecule has 0 spiro atoms. The van der Waals surface area contributed by atoms with Crippen LogP contribution in [0.2, 0.25) is 0 Å². The lowest BCUT2D eigenvalue weighted by atomic mass is 10.2. The standard InChI is InChI=1S/C21H30N4O/c1-4-7-8-15-22-21(26)20-14-11-18(16-23-20)24-17-9-12-19(13-10-17)25(5-2)6-3/h9-14,16,24H,4-8,15H2,1-3H3,(H,22,26). The smallest absolute Gasteiger partial charge is 0.269 e. The number of hydrogen-bond donors (Lipinski definition) is 2. The lowest BCUT2D eigenvalue weighted by molar-refractivity contribution is 0.0948. The summed E-state index contributed by atoms with van der Waals surface area (Å²) in [6, 6.07) is 12.0. The highest BCUT2D eigenvalue weighted by Crippen LogP contribution is 2.20. The summed E-state index contributed by atoms with van der Waals surface area (Å²) in [4.78, 5) is 18.6. The molecule has 1 aromatic carbocycles. The average molecular weight is 354 g/mol. The number of rotatable bonds is 10. The Bertz CT molecular complexity index is 663. The van der Waals surface area contributed by atoms with Gasteiger partial charge in [0.1, 0.15) is 5.69 Å². The van der Waals surface area contributed by atoms with E-state index in [1.54, 1.807) is 12.3 Å². The van der Waals surface area contributed by atoms with Crippen LogP contribution in [0, 0.1) is 0 Å². The number of aromatic nitrogens is 1. The number of amides is 1. The van der Waals surface area contributed by atoms with Crippen molar-refractivity contribution in [1.82, 2.24) is 10.3 Å². The van der Waals surface area contributed by atoms with E-state index in [4.69, 9.17) is 0 Å². The van der Waals surface area contributed by atoms with Crippen LogP contribution in [0.25, 0.3) is 0 Å². The van der Waals surface area contributed by atoms with Crippen molar-refractivity contribution in [3.8, 4) is 0 Å². The lowest BCUT2D eigenvalue weighted by Crippen LogP contribution is -2.25. The number of unbranched alkanes of at least 4 members (excludes halogenated alkanes) is 2. The zero-order chi connectivity index (χ0) is 18.8. The maximum Gasteiger partial charge on any atom is 0.269 e. The van der Waals surface area contributed by atoms with E-state index in [2.05, 4.69) is 65.6 Å². The largest absolute Gasteiger partial charge is 0.372 e. The topological polar surface area (TPSA) is 57.3 Å². The highest BCUT2D eigenvalue weighted by Gasteiger charge is 2.06. The molecule has 140 valence electrons. The molecule has 5 nitrogen and oxygen atoms in total. The molecular formula is C21H30N4O. The molecule has 5 heteroatoms. The molecule has 0 aliphatic carbocycles. The molecule has 2 rings (SSSR count). The van der Waals surface area contributed by atoms with Crippen molar-refractivity contribution in [3.05, 3.63) is 48.3 Å². The molecule has 0 saturated heterocycles. The van der Waals surface area contributed by atoms with Crippen molar-refractivity contribution in [3.63, 3.8) is 0 Å². The van der Waals surface area contributed by atoms with E-state index in [1.807, 2.05) is 6.07 Å². The fourth-order valence-electron chi connectivity index (χ4n) is 2.78. The van der Waals surface area contributed by atoms with Gasteiger partial charge in [-0.1, -0.05) is 19.8 Å². The average Bonchev–Trinajstić information content (AvgIpc) is 2.68. The molecule has 0 aliphatic heterocycles. The third-order valence-corrected chi connectivity index (χ3v) is 4.35. The molecule has 2 N–H and O–H groups in total. The van der Waals surface area contributed by atoms with Crippen molar-refractivity contribution >= 4 is 23.0 Å². The van der Waals surface area contributed by atoms with Gasteiger partial charge in [0.25, 0.3) is 5.91 Å². The Hall–Kier alpha value is -2.56. The Morgan fingerprint density at radius 3 is 2.23 bits per heavy atom. The molecule has 0 aliphatic rings. The van der Waals surface area contributed by atoms with Crippen LogP contribution in [0.4, 0.5) is 17.1 Å². The molecule has 0 bridgehead atoms. The van der Waals surface area contributed by atoms with E-state index >= 15 is 0 Å². The minimum atomic E-state index is -0.115. The van der Waals surface area contributed by atoms with Crippen molar-refractivity contribution in [2.45, 2.75) is 40.0 Å². The van der Waals surface area contributed by atoms with Crippen LogP contribution in [0.5, 0.6) is 0 Å². The second-order valence-corrected chi connectivity index (χ2v) is 6.24. The predicted octanol–water partition coefficient (Wildman–Crippen LogP) is 4.59. The molecule has 26 heavy (non-hydrogen) atoms. The van der Waals surface area contributed by atoms with E-state index in [0.717, 1.165) is 43.7 Å². The highest BCUT2D eigenvalue weighted by atomic mass is 16.1. The molecule has 0 fully saturated rings. The summed E-state index contributed by atoms with van der Waals surface area (Å²) in [5.74, 6) is -0.115. The molecule has 0 radical (unpaired) electrons. The number of anilines is 3. The number of carbonyl (C=O) groups excluding carboxylic acids is 1. The third kappa shape index (κ3) is 5.76. The summed E-state index contributed by atoms with van der Waals surface area (Å²) in [6.07, 6.45) is 4.97. The van der Waals surface area contributed by atoms with Crippen molar-refractivity contribution in [2.24, 2.45) is 0 Å². The van der Waals surface area contributed by atoms with Crippen LogP contribution >= 0.6 is 0 Å². The van der Waals surface area contributed by atoms with Gasteiger partial charge in [0.05, 0.1) is 11.9 Å². The summed E-state index contributed by atoms with van der Waals surface area (Å²) in [5.41, 5.74) is 3.53. The Kier molecular flexibility index (Phi) is 7.93. The van der Waals surface area contributed by atoms with E-state index in [9.17, 15) is 4.79 Å². The zero-order valence-corrected chi connectivity index (χ0v) is 16.1. The van der Waals surface area contributed by atoms with Crippen LogP contribution in [-0.4, -0.2) is 30.5 Å². The van der Waals surface area contributed by atoms with Crippen LogP contribution in [0.15, 0.2) is 42.6 Å². The van der Waals surface area contributed by atoms with Crippen LogP contribution in [0.1, 0.15) is 50.5 Å². The second-order valence-electron chi connectivity index (χ2n) is 6.24. The quantitative estimate of drug-likeness (QED) is 0.613. The number of pyridine rings is 1. The van der Waals surface area contributed by atoms with Gasteiger partial charge in [0.15, 0.2) is 0 Å². The Balaban J connectivity index is 1.91. The Labute approximate surface area is 156 Å². The van der Waals surface area contributed by atoms with Gasteiger partial charge in [-0.05, 0) is 56.7 Å². The van der Waals surface area contributed by atoms with E-state index in [-0.39, 0.29) is 5.91 Å². The summed E-state index contributed by atoms with van der Waals surface area (Å²) in [7, 11) is 0. The molecule has 0 unspecified atom stereocenters. The molecule has 2 aromatic rings.